The van der Waals surface area contributed by atoms with Crippen molar-refractivity contribution in [2.75, 3.05) is 5.32 Å². The first-order chi connectivity index (χ1) is 12.3. The van der Waals surface area contributed by atoms with Crippen LogP contribution in [-0.4, -0.2) is 31.7 Å². The van der Waals surface area contributed by atoms with E-state index in [-0.39, 0.29) is 11.5 Å². The second-order valence-corrected chi connectivity index (χ2v) is 8.01. The lowest BCUT2D eigenvalue weighted by atomic mass is 10.1. The number of carbonyl (C=O) groups excluding carboxylic acids is 1. The van der Waals surface area contributed by atoms with Gasteiger partial charge in [0.05, 0.1) is 17.5 Å². The predicted molar refractivity (Wildman–Crippen MR) is 102 cm³/mol. The summed E-state index contributed by atoms with van der Waals surface area (Å²) >= 11 is 2.55. The molecule has 0 aromatic carbocycles. The number of rotatable bonds is 5. The first-order valence-electron chi connectivity index (χ1n) is 7.95. The highest BCUT2D eigenvalue weighted by Gasteiger charge is 2.24. The summed E-state index contributed by atoms with van der Waals surface area (Å²) in [6, 6.07) is 0. The van der Waals surface area contributed by atoms with E-state index < -0.39 is 5.97 Å². The van der Waals surface area contributed by atoms with Crippen molar-refractivity contribution in [1.82, 2.24) is 14.8 Å². The van der Waals surface area contributed by atoms with Crippen molar-refractivity contribution in [1.29, 1.82) is 0 Å². The zero-order valence-corrected chi connectivity index (χ0v) is 16.4. The van der Waals surface area contributed by atoms with Gasteiger partial charge in [-0.2, -0.15) is 5.10 Å². The van der Waals surface area contributed by atoms with Gasteiger partial charge in [-0.3, -0.25) is 9.48 Å². The minimum absolute atomic E-state index is 0.179. The number of anilines is 1. The molecule has 3 aromatic rings. The highest BCUT2D eigenvalue weighted by Crippen LogP contribution is 2.35. The summed E-state index contributed by atoms with van der Waals surface area (Å²) in [6.07, 6.45) is 4.13. The normalized spacial score (nSPS) is 10.9. The number of carbonyl (C=O) groups is 2. The van der Waals surface area contributed by atoms with Crippen molar-refractivity contribution in [2.24, 2.45) is 7.05 Å². The first kappa shape index (κ1) is 18.3. The molecule has 0 aliphatic rings. The summed E-state index contributed by atoms with van der Waals surface area (Å²) in [5.74, 6) is -1.37. The van der Waals surface area contributed by atoms with Crippen molar-refractivity contribution >= 4 is 39.6 Å². The molecule has 0 saturated carbocycles. The standard InChI is InChI=1S/C17H18N4O3S2/c1-5-11-9(3)25-16(12(11)17(23)24)20-14(22)13-8(2)19-15(26-13)10-6-18-21(4)7-10/h6-7H,5H2,1-4H3,(H,20,22)(H,23,24). The van der Waals surface area contributed by atoms with E-state index in [2.05, 4.69) is 15.4 Å². The summed E-state index contributed by atoms with van der Waals surface area (Å²) in [7, 11) is 1.81. The number of thiazole rings is 1. The van der Waals surface area contributed by atoms with Crippen LogP contribution >= 0.6 is 22.7 Å². The molecule has 0 fully saturated rings. The van der Waals surface area contributed by atoms with Gasteiger partial charge >= 0.3 is 5.97 Å². The van der Waals surface area contributed by atoms with Gasteiger partial charge < -0.3 is 10.4 Å². The summed E-state index contributed by atoms with van der Waals surface area (Å²) in [6.45, 7) is 5.53. The first-order valence-corrected chi connectivity index (χ1v) is 9.58. The van der Waals surface area contributed by atoms with Gasteiger partial charge in [-0.1, -0.05) is 6.92 Å². The van der Waals surface area contributed by atoms with Gasteiger partial charge in [-0.25, -0.2) is 9.78 Å². The Morgan fingerprint density at radius 1 is 1.31 bits per heavy atom. The fraction of sp³-hybridized carbons (Fsp3) is 0.294. The van der Waals surface area contributed by atoms with Crippen LogP contribution < -0.4 is 5.32 Å². The van der Waals surface area contributed by atoms with E-state index in [1.165, 1.54) is 22.7 Å². The molecule has 0 unspecified atom stereocenters. The molecule has 3 heterocycles. The Balaban J connectivity index is 1.92. The number of nitrogens with zero attached hydrogens (tertiary/aromatic N) is 3. The Morgan fingerprint density at radius 3 is 2.62 bits per heavy atom. The number of hydrogen-bond acceptors (Lipinski definition) is 6. The zero-order valence-electron chi connectivity index (χ0n) is 14.8. The van der Waals surface area contributed by atoms with Crippen LogP contribution in [0, 0.1) is 13.8 Å². The number of amides is 1. The SMILES string of the molecule is CCc1c(C)sc(NC(=O)c2sc(-c3cnn(C)c3)nc2C)c1C(=O)O. The van der Waals surface area contributed by atoms with Crippen LogP contribution in [-0.2, 0) is 13.5 Å². The lowest BCUT2D eigenvalue weighted by molar-refractivity contribution is 0.0697. The van der Waals surface area contributed by atoms with Crippen LogP contribution in [0.25, 0.3) is 10.6 Å². The highest BCUT2D eigenvalue weighted by atomic mass is 32.1. The third kappa shape index (κ3) is 3.27. The van der Waals surface area contributed by atoms with Crippen molar-refractivity contribution in [2.45, 2.75) is 27.2 Å². The minimum atomic E-state index is -1.03. The maximum atomic E-state index is 12.7. The predicted octanol–water partition coefficient (Wildman–Crippen LogP) is 3.73. The van der Waals surface area contributed by atoms with E-state index in [1.54, 1.807) is 17.8 Å². The van der Waals surface area contributed by atoms with Crippen molar-refractivity contribution in [3.63, 3.8) is 0 Å². The number of carboxylic acid groups (broad SMARTS) is 1. The number of aromatic nitrogens is 3. The molecule has 0 saturated heterocycles. The Kier molecular flexibility index (Phi) is 4.92. The molecule has 3 aromatic heterocycles. The summed E-state index contributed by atoms with van der Waals surface area (Å²) in [5, 5.41) is 17.5. The van der Waals surface area contributed by atoms with E-state index in [0.717, 1.165) is 16.0 Å². The molecular formula is C17H18N4O3S2. The summed E-state index contributed by atoms with van der Waals surface area (Å²) in [4.78, 5) is 30.2. The van der Waals surface area contributed by atoms with Crippen molar-refractivity contribution < 1.29 is 14.7 Å². The molecule has 0 aliphatic heterocycles. The number of aromatic carboxylic acids is 1. The summed E-state index contributed by atoms with van der Waals surface area (Å²) < 4.78 is 1.67. The molecule has 0 radical (unpaired) electrons. The van der Waals surface area contributed by atoms with E-state index in [0.29, 0.717) is 27.0 Å². The van der Waals surface area contributed by atoms with Gasteiger partial charge in [-0.15, -0.1) is 22.7 Å². The summed E-state index contributed by atoms with van der Waals surface area (Å²) in [5.41, 5.74) is 2.38. The Bertz CT molecular complexity index is 1000. The van der Waals surface area contributed by atoms with Crippen molar-refractivity contribution in [3.05, 3.63) is 39.0 Å². The largest absolute Gasteiger partial charge is 0.478 e. The average molecular weight is 390 g/mol. The van der Waals surface area contributed by atoms with Gasteiger partial charge in [0.2, 0.25) is 0 Å². The maximum absolute atomic E-state index is 12.7. The quantitative estimate of drug-likeness (QED) is 0.692. The molecule has 0 bridgehead atoms. The average Bonchev–Trinajstić information content (AvgIpc) is 3.24. The third-order valence-electron chi connectivity index (χ3n) is 3.96. The van der Waals surface area contributed by atoms with Crippen LogP contribution in [0.2, 0.25) is 0 Å². The fourth-order valence-corrected chi connectivity index (χ4v) is 4.81. The van der Waals surface area contributed by atoms with Crippen LogP contribution in [0.3, 0.4) is 0 Å². The maximum Gasteiger partial charge on any atom is 0.339 e. The van der Waals surface area contributed by atoms with Gasteiger partial charge in [0.1, 0.15) is 14.9 Å². The molecule has 1 amide bonds. The van der Waals surface area contributed by atoms with Crippen LogP contribution in [0.5, 0.6) is 0 Å². The Labute approximate surface area is 158 Å². The number of nitrogens with one attached hydrogen (secondary N) is 1. The Hall–Kier alpha value is -2.52. The van der Waals surface area contributed by atoms with E-state index in [1.807, 2.05) is 27.1 Å². The van der Waals surface area contributed by atoms with Gasteiger partial charge in [0.25, 0.3) is 5.91 Å². The smallest absolute Gasteiger partial charge is 0.339 e. The fourth-order valence-electron chi connectivity index (χ4n) is 2.74. The second kappa shape index (κ2) is 7.00. The Morgan fingerprint density at radius 2 is 2.04 bits per heavy atom. The molecule has 0 aliphatic carbocycles. The third-order valence-corrected chi connectivity index (χ3v) is 6.23. The van der Waals surface area contributed by atoms with Crippen LogP contribution in [0.1, 0.15) is 43.1 Å². The van der Waals surface area contributed by atoms with Crippen LogP contribution in [0.4, 0.5) is 5.00 Å². The highest BCUT2D eigenvalue weighted by molar-refractivity contribution is 7.18. The monoisotopic (exact) mass is 390 g/mol. The van der Waals surface area contributed by atoms with E-state index in [4.69, 9.17) is 0 Å². The molecule has 3 rings (SSSR count). The second-order valence-electron chi connectivity index (χ2n) is 5.79. The number of hydrogen-bond donors (Lipinski definition) is 2. The van der Waals surface area contributed by atoms with Gasteiger partial charge in [-0.05, 0) is 25.8 Å². The molecule has 7 nitrogen and oxygen atoms in total. The molecule has 136 valence electrons. The topological polar surface area (TPSA) is 97.1 Å². The van der Waals surface area contributed by atoms with Crippen molar-refractivity contribution in [3.8, 4) is 10.6 Å². The number of thiophene rings is 1. The van der Waals surface area contributed by atoms with Crippen LogP contribution in [0.15, 0.2) is 12.4 Å². The number of aryl methyl sites for hydroxylation is 3. The molecule has 0 spiro atoms. The van der Waals surface area contributed by atoms with Gasteiger partial charge in [0.15, 0.2) is 0 Å². The zero-order chi connectivity index (χ0) is 19.0. The number of carboxylic acids is 1. The van der Waals surface area contributed by atoms with Gasteiger partial charge in [0, 0.05) is 23.7 Å². The molecular weight excluding hydrogens is 372 g/mol. The van der Waals surface area contributed by atoms with E-state index in [9.17, 15) is 14.7 Å². The molecule has 26 heavy (non-hydrogen) atoms. The molecule has 9 heteroatoms. The molecule has 0 atom stereocenters. The van der Waals surface area contributed by atoms with E-state index >= 15 is 0 Å². The minimum Gasteiger partial charge on any atom is -0.478 e. The lowest BCUT2D eigenvalue weighted by Gasteiger charge is -2.04. The molecule has 2 N–H and O–H groups in total. The lowest BCUT2D eigenvalue weighted by Crippen LogP contribution is -2.13.